The summed E-state index contributed by atoms with van der Waals surface area (Å²) in [6.07, 6.45) is 0.886. The van der Waals surface area contributed by atoms with Crippen LogP contribution in [-0.2, 0) is 20.7 Å². The lowest BCUT2D eigenvalue weighted by atomic mass is 10.1. The van der Waals surface area contributed by atoms with Gasteiger partial charge in [-0.25, -0.2) is 4.79 Å². The van der Waals surface area contributed by atoms with Crippen LogP contribution >= 0.6 is 0 Å². The summed E-state index contributed by atoms with van der Waals surface area (Å²) >= 11 is 0. The predicted octanol–water partition coefficient (Wildman–Crippen LogP) is 0.556. The first-order valence-corrected chi connectivity index (χ1v) is 5.60. The summed E-state index contributed by atoms with van der Waals surface area (Å²) in [5, 5.41) is 16.4. The molecule has 0 radical (unpaired) electrons. The molecule has 0 aliphatic carbocycles. The Morgan fingerprint density at radius 2 is 2.00 bits per heavy atom. The molecular weight excluding hydrogens is 246 g/mol. The molecule has 1 atom stereocenters. The third-order valence-corrected chi connectivity index (χ3v) is 2.46. The van der Waals surface area contributed by atoms with E-state index in [1.807, 2.05) is 30.3 Å². The molecule has 1 rings (SSSR count). The molecule has 0 aliphatic rings. The Morgan fingerprint density at radius 1 is 1.37 bits per heavy atom. The number of rotatable bonds is 6. The number of amides is 1. The van der Waals surface area contributed by atoms with Crippen LogP contribution in [-0.4, -0.2) is 37.0 Å². The van der Waals surface area contributed by atoms with Gasteiger partial charge in [0, 0.05) is 12.6 Å². The van der Waals surface area contributed by atoms with Gasteiger partial charge in [-0.05, 0) is 5.56 Å². The lowest BCUT2D eigenvalue weighted by molar-refractivity contribution is -0.144. The molecule has 0 fully saturated rings. The third kappa shape index (κ3) is 4.34. The van der Waals surface area contributed by atoms with Crippen LogP contribution in [0.25, 0.3) is 0 Å². The van der Waals surface area contributed by atoms with Crippen LogP contribution in [0.2, 0.25) is 0 Å². The maximum absolute atomic E-state index is 11.6. The highest BCUT2D eigenvalue weighted by Gasteiger charge is 2.22. The molecule has 0 heterocycles. The second-order valence-electron chi connectivity index (χ2n) is 3.80. The van der Waals surface area contributed by atoms with E-state index in [4.69, 9.17) is 10.8 Å². The first kappa shape index (κ1) is 14.6. The lowest BCUT2D eigenvalue weighted by Gasteiger charge is -2.16. The molecule has 6 heteroatoms. The van der Waals surface area contributed by atoms with E-state index in [-0.39, 0.29) is 6.42 Å². The molecule has 0 bridgehead atoms. The van der Waals surface area contributed by atoms with Crippen molar-refractivity contribution in [1.29, 1.82) is 10.8 Å². The fraction of sp³-hybridized carbons (Fsp3) is 0.231. The molecular formula is C13H15N3O3. The van der Waals surface area contributed by atoms with Crippen LogP contribution in [0.1, 0.15) is 5.56 Å². The van der Waals surface area contributed by atoms with Crippen LogP contribution < -0.4 is 5.32 Å². The number of methoxy groups -OCH3 is 1. The van der Waals surface area contributed by atoms with Gasteiger partial charge in [-0.15, -0.1) is 0 Å². The largest absolute Gasteiger partial charge is 0.467 e. The Labute approximate surface area is 110 Å². The molecule has 1 amide bonds. The second-order valence-corrected chi connectivity index (χ2v) is 3.80. The lowest BCUT2D eigenvalue weighted by Crippen LogP contribution is -2.45. The summed E-state index contributed by atoms with van der Waals surface area (Å²) in [6.45, 7) is 0. The minimum absolute atomic E-state index is 0.268. The van der Waals surface area contributed by atoms with E-state index in [0.29, 0.717) is 6.21 Å². The summed E-state index contributed by atoms with van der Waals surface area (Å²) in [4.78, 5) is 23.1. The molecule has 1 aromatic rings. The molecule has 19 heavy (non-hydrogen) atoms. The Balaban J connectivity index is 2.78. The molecule has 0 unspecified atom stereocenters. The van der Waals surface area contributed by atoms with Crippen molar-refractivity contribution in [3.05, 3.63) is 35.9 Å². The Morgan fingerprint density at radius 3 is 2.53 bits per heavy atom. The second kappa shape index (κ2) is 7.05. The van der Waals surface area contributed by atoms with Crippen LogP contribution in [0.3, 0.4) is 0 Å². The van der Waals surface area contributed by atoms with E-state index in [0.717, 1.165) is 5.56 Å². The fourth-order valence-electron chi connectivity index (χ4n) is 1.49. The highest BCUT2D eigenvalue weighted by Crippen LogP contribution is 2.04. The molecule has 1 aromatic carbocycles. The third-order valence-electron chi connectivity index (χ3n) is 2.46. The molecule has 6 nitrogen and oxygen atoms in total. The van der Waals surface area contributed by atoms with Crippen molar-refractivity contribution in [1.82, 2.24) is 5.32 Å². The van der Waals surface area contributed by atoms with Crippen LogP contribution in [0, 0.1) is 10.8 Å². The van der Waals surface area contributed by atoms with Crippen molar-refractivity contribution >= 4 is 23.8 Å². The number of carbonyl (C=O) groups is 2. The molecule has 0 aliphatic heterocycles. The number of hydrogen-bond donors (Lipinski definition) is 3. The Bertz CT molecular complexity index is 485. The molecule has 100 valence electrons. The minimum Gasteiger partial charge on any atom is -0.467 e. The van der Waals surface area contributed by atoms with Gasteiger partial charge in [-0.2, -0.15) is 0 Å². The quantitative estimate of drug-likeness (QED) is 0.514. The highest BCUT2D eigenvalue weighted by molar-refractivity contribution is 6.59. The zero-order chi connectivity index (χ0) is 14.3. The summed E-state index contributed by atoms with van der Waals surface area (Å²) in [5.41, 5.74) is 0.349. The van der Waals surface area contributed by atoms with Crippen LogP contribution in [0.4, 0.5) is 0 Å². The normalized spacial score (nSPS) is 11.2. The van der Waals surface area contributed by atoms with Gasteiger partial charge in [0.2, 0.25) is 0 Å². The molecule has 0 aromatic heterocycles. The van der Waals surface area contributed by atoms with E-state index in [1.165, 1.54) is 7.11 Å². The van der Waals surface area contributed by atoms with Crippen molar-refractivity contribution in [3.8, 4) is 0 Å². The van der Waals surface area contributed by atoms with Gasteiger partial charge >= 0.3 is 5.97 Å². The smallest absolute Gasteiger partial charge is 0.328 e. The summed E-state index contributed by atoms with van der Waals surface area (Å²) < 4.78 is 4.62. The maximum atomic E-state index is 11.6. The Hall–Kier alpha value is -2.50. The number of esters is 1. The average Bonchev–Trinajstić information content (AvgIpc) is 2.45. The monoisotopic (exact) mass is 261 g/mol. The first-order valence-electron chi connectivity index (χ1n) is 5.60. The maximum Gasteiger partial charge on any atom is 0.328 e. The van der Waals surface area contributed by atoms with E-state index in [1.54, 1.807) is 0 Å². The average molecular weight is 261 g/mol. The van der Waals surface area contributed by atoms with Gasteiger partial charge in [0.1, 0.15) is 11.8 Å². The number of nitrogens with one attached hydrogen (secondary N) is 3. The first-order chi connectivity index (χ1) is 9.08. The van der Waals surface area contributed by atoms with E-state index < -0.39 is 23.6 Å². The SMILES string of the molecule is COC(=O)[C@H](Cc1ccccc1)NC(=O)C(=N)C=N. The van der Waals surface area contributed by atoms with Gasteiger partial charge in [-0.1, -0.05) is 30.3 Å². The zero-order valence-corrected chi connectivity index (χ0v) is 10.5. The van der Waals surface area contributed by atoms with Crippen molar-refractivity contribution in [2.24, 2.45) is 0 Å². The number of benzene rings is 1. The molecule has 0 saturated heterocycles. The molecule has 3 N–H and O–H groups in total. The standard InChI is InChI=1S/C13H15N3O3/c1-19-13(18)11(16-12(17)10(15)8-14)7-9-5-3-2-4-6-9/h2-6,8,11,14-15H,7H2,1H3,(H,16,17)/t11-/m0/s1. The topological polar surface area (TPSA) is 103 Å². The summed E-state index contributed by atoms with van der Waals surface area (Å²) in [5.74, 6) is -1.36. The van der Waals surface area contributed by atoms with E-state index >= 15 is 0 Å². The van der Waals surface area contributed by atoms with Crippen LogP contribution in [0.15, 0.2) is 30.3 Å². The van der Waals surface area contributed by atoms with Crippen LogP contribution in [0.5, 0.6) is 0 Å². The van der Waals surface area contributed by atoms with Crippen molar-refractivity contribution in [2.75, 3.05) is 7.11 Å². The van der Waals surface area contributed by atoms with Gasteiger partial charge < -0.3 is 15.5 Å². The number of hydrogen-bond acceptors (Lipinski definition) is 5. The number of carbonyl (C=O) groups excluding carboxylic acids is 2. The summed E-state index contributed by atoms with van der Waals surface area (Å²) in [6, 6.07) is 8.27. The van der Waals surface area contributed by atoms with Crippen molar-refractivity contribution < 1.29 is 14.3 Å². The Kier molecular flexibility index (Phi) is 5.40. The van der Waals surface area contributed by atoms with Crippen molar-refractivity contribution in [3.63, 3.8) is 0 Å². The molecule has 0 spiro atoms. The minimum atomic E-state index is -0.875. The van der Waals surface area contributed by atoms with E-state index in [2.05, 4.69) is 10.1 Å². The van der Waals surface area contributed by atoms with Crippen molar-refractivity contribution in [2.45, 2.75) is 12.5 Å². The van der Waals surface area contributed by atoms with Gasteiger partial charge in [0.25, 0.3) is 5.91 Å². The zero-order valence-electron chi connectivity index (χ0n) is 10.5. The molecule has 0 saturated carbocycles. The van der Waals surface area contributed by atoms with Gasteiger partial charge in [0.05, 0.1) is 7.11 Å². The van der Waals surface area contributed by atoms with Gasteiger partial charge in [-0.3, -0.25) is 10.2 Å². The van der Waals surface area contributed by atoms with Gasteiger partial charge in [0.15, 0.2) is 0 Å². The number of ether oxygens (including phenoxy) is 1. The summed E-state index contributed by atoms with van der Waals surface area (Å²) in [7, 11) is 1.23. The highest BCUT2D eigenvalue weighted by atomic mass is 16.5. The fourth-order valence-corrected chi connectivity index (χ4v) is 1.49. The van der Waals surface area contributed by atoms with E-state index in [9.17, 15) is 9.59 Å². The predicted molar refractivity (Wildman–Crippen MR) is 70.6 cm³/mol.